The average Bonchev–Trinajstić information content (AvgIpc) is 3.23. The molecule has 10 heteroatoms. The molecule has 1 N–H and O–H groups in total. The number of H-pyrrole nitrogens is 1. The number of fused-ring (bicyclic) bond motifs is 1. The molecule has 5 rings (SSSR count). The summed E-state index contributed by atoms with van der Waals surface area (Å²) in [5, 5.41) is 7.27. The van der Waals surface area contributed by atoms with E-state index in [0.29, 0.717) is 52.5 Å². The minimum Gasteiger partial charge on any atom is -0.269 e. The fourth-order valence-corrected chi connectivity index (χ4v) is 4.01. The van der Waals surface area contributed by atoms with Crippen LogP contribution in [0.25, 0.3) is 28.0 Å². The smallest absolute Gasteiger partial charge is 0.256 e. The van der Waals surface area contributed by atoms with E-state index in [1.54, 1.807) is 19.9 Å². The molecule has 0 radical (unpaired) electrons. The van der Waals surface area contributed by atoms with Gasteiger partial charge in [0.05, 0.1) is 5.69 Å². The molecule has 0 fully saturated rings. The Bertz CT molecular complexity index is 1620. The maximum Gasteiger partial charge on any atom is 0.256 e. The van der Waals surface area contributed by atoms with Crippen molar-refractivity contribution < 1.29 is 13.2 Å². The summed E-state index contributed by atoms with van der Waals surface area (Å²) in [6, 6.07) is 10.3. The highest BCUT2D eigenvalue weighted by Gasteiger charge is 2.20. The molecule has 3 heterocycles. The zero-order valence-electron chi connectivity index (χ0n) is 18.8. The Morgan fingerprint density at radius 1 is 0.886 bits per heavy atom. The Balaban J connectivity index is 1.79. The van der Waals surface area contributed by atoms with Gasteiger partial charge in [-0.05, 0) is 55.8 Å². The summed E-state index contributed by atoms with van der Waals surface area (Å²) in [7, 11) is 0. The molecular weight excluding hydrogens is 457 g/mol. The molecular formula is C25H19F3N6O. The van der Waals surface area contributed by atoms with E-state index in [2.05, 4.69) is 20.2 Å². The van der Waals surface area contributed by atoms with Gasteiger partial charge in [-0.15, -0.1) is 0 Å². The number of halogens is 3. The van der Waals surface area contributed by atoms with Crippen LogP contribution in [0, 0.1) is 31.3 Å². The highest BCUT2D eigenvalue weighted by molar-refractivity contribution is 5.92. The van der Waals surface area contributed by atoms with Crippen LogP contribution in [-0.2, 0) is 12.8 Å². The highest BCUT2D eigenvalue weighted by Crippen LogP contribution is 2.30. The van der Waals surface area contributed by atoms with Crippen LogP contribution in [0.2, 0.25) is 0 Å². The zero-order chi connectivity index (χ0) is 24.7. The molecule has 35 heavy (non-hydrogen) atoms. The van der Waals surface area contributed by atoms with Crippen molar-refractivity contribution in [2.24, 2.45) is 0 Å². The number of para-hydroxylation sites is 1. The monoisotopic (exact) mass is 476 g/mol. The Morgan fingerprint density at radius 3 is 2.31 bits per heavy atom. The predicted octanol–water partition coefficient (Wildman–Crippen LogP) is 4.39. The summed E-state index contributed by atoms with van der Waals surface area (Å²) in [6.07, 6.45) is 0.687. The number of benzene rings is 2. The maximum atomic E-state index is 14.7. The normalized spacial score (nSPS) is 11.3. The number of nitrogens with zero attached hydrogens (tertiary/aromatic N) is 5. The number of pyridine rings is 1. The van der Waals surface area contributed by atoms with Gasteiger partial charge in [0.1, 0.15) is 34.8 Å². The van der Waals surface area contributed by atoms with Crippen LogP contribution in [0.4, 0.5) is 13.2 Å². The first-order valence-corrected chi connectivity index (χ1v) is 10.8. The van der Waals surface area contributed by atoms with Crippen LogP contribution >= 0.6 is 0 Å². The summed E-state index contributed by atoms with van der Waals surface area (Å²) >= 11 is 0. The fourth-order valence-electron chi connectivity index (χ4n) is 4.01. The Hall–Kier alpha value is -4.34. The third-order valence-electron chi connectivity index (χ3n) is 5.62. The quantitative estimate of drug-likeness (QED) is 0.407. The largest absolute Gasteiger partial charge is 0.269 e. The topological polar surface area (TPSA) is 89.3 Å². The first-order valence-electron chi connectivity index (χ1n) is 10.8. The van der Waals surface area contributed by atoms with Crippen molar-refractivity contribution in [3.8, 4) is 16.9 Å². The van der Waals surface area contributed by atoms with Gasteiger partial charge in [0, 0.05) is 29.9 Å². The first kappa shape index (κ1) is 22.5. The lowest BCUT2D eigenvalue weighted by molar-refractivity contribution is 0.568. The number of rotatable bonds is 5. The SMILES string of the molecule is Cc1nc(CCc2nc(-c3ccc(F)cc3C)c3ccc(=O)n(-c4c(F)cccc4F)c3n2)n[nH]1. The summed E-state index contributed by atoms with van der Waals surface area (Å²) in [5.41, 5.74) is 0.482. The molecule has 0 aliphatic heterocycles. The third kappa shape index (κ3) is 4.18. The molecule has 7 nitrogen and oxygen atoms in total. The Labute approximate surface area is 197 Å². The lowest BCUT2D eigenvalue weighted by Crippen LogP contribution is -2.21. The number of nitrogens with one attached hydrogen (secondary N) is 1. The Kier molecular flexibility index (Phi) is 5.64. The molecule has 0 aliphatic rings. The van der Waals surface area contributed by atoms with Crippen LogP contribution in [0.15, 0.2) is 53.3 Å². The van der Waals surface area contributed by atoms with Crippen molar-refractivity contribution in [1.82, 2.24) is 29.7 Å². The maximum absolute atomic E-state index is 14.7. The van der Waals surface area contributed by atoms with Crippen molar-refractivity contribution in [2.45, 2.75) is 26.7 Å². The molecule has 2 aromatic carbocycles. The van der Waals surface area contributed by atoms with E-state index in [9.17, 15) is 18.0 Å². The van der Waals surface area contributed by atoms with Crippen molar-refractivity contribution in [1.29, 1.82) is 0 Å². The van der Waals surface area contributed by atoms with Gasteiger partial charge in [0.15, 0.2) is 11.5 Å². The summed E-state index contributed by atoms with van der Waals surface area (Å²) in [6.45, 7) is 3.51. The molecule has 0 amide bonds. The second-order valence-electron chi connectivity index (χ2n) is 8.10. The second kappa shape index (κ2) is 8.79. The van der Waals surface area contributed by atoms with E-state index in [-0.39, 0.29) is 5.65 Å². The van der Waals surface area contributed by atoms with Crippen LogP contribution in [0.5, 0.6) is 0 Å². The van der Waals surface area contributed by atoms with E-state index >= 15 is 0 Å². The predicted molar refractivity (Wildman–Crippen MR) is 124 cm³/mol. The number of aryl methyl sites for hydroxylation is 4. The first-order chi connectivity index (χ1) is 16.8. The van der Waals surface area contributed by atoms with Crippen LogP contribution in [0.3, 0.4) is 0 Å². The summed E-state index contributed by atoms with van der Waals surface area (Å²) in [4.78, 5) is 26.4. The van der Waals surface area contributed by atoms with Gasteiger partial charge in [-0.2, -0.15) is 5.10 Å². The van der Waals surface area contributed by atoms with Crippen LogP contribution in [0.1, 0.15) is 23.0 Å². The second-order valence-corrected chi connectivity index (χ2v) is 8.10. The molecule has 0 atom stereocenters. The summed E-state index contributed by atoms with van der Waals surface area (Å²) in [5.74, 6) is -0.696. The van der Waals surface area contributed by atoms with E-state index in [4.69, 9.17) is 4.98 Å². The molecule has 0 bridgehead atoms. The lowest BCUT2D eigenvalue weighted by Gasteiger charge is -2.15. The van der Waals surface area contributed by atoms with Crippen molar-refractivity contribution in [3.05, 3.63) is 99.4 Å². The molecule has 176 valence electrons. The summed E-state index contributed by atoms with van der Waals surface area (Å²) < 4.78 is 44.2. The molecule has 0 saturated carbocycles. The van der Waals surface area contributed by atoms with E-state index in [1.807, 2.05) is 0 Å². The van der Waals surface area contributed by atoms with Gasteiger partial charge in [-0.3, -0.25) is 14.5 Å². The fraction of sp³-hybridized carbons (Fsp3) is 0.160. The highest BCUT2D eigenvalue weighted by atomic mass is 19.1. The average molecular weight is 476 g/mol. The third-order valence-corrected chi connectivity index (χ3v) is 5.62. The number of hydrogen-bond donors (Lipinski definition) is 1. The van der Waals surface area contributed by atoms with E-state index in [1.165, 1.54) is 30.3 Å². The van der Waals surface area contributed by atoms with E-state index < -0.39 is 28.7 Å². The zero-order valence-corrected chi connectivity index (χ0v) is 18.8. The van der Waals surface area contributed by atoms with Crippen LogP contribution < -0.4 is 5.56 Å². The van der Waals surface area contributed by atoms with Crippen LogP contribution in [-0.4, -0.2) is 29.7 Å². The number of hydrogen-bond acceptors (Lipinski definition) is 5. The van der Waals surface area contributed by atoms with Gasteiger partial charge in [-0.1, -0.05) is 6.07 Å². The van der Waals surface area contributed by atoms with Crippen molar-refractivity contribution >= 4 is 11.0 Å². The number of aromatic nitrogens is 6. The molecule has 5 aromatic rings. The Morgan fingerprint density at radius 2 is 1.63 bits per heavy atom. The minimum absolute atomic E-state index is 0.0383. The standard InChI is InChI=1S/C25H19F3N6O/c1-13-12-15(26)6-7-16(13)23-17-8-11-22(35)34(24-18(27)4-3-5-19(24)28)25(17)31-20(30-23)9-10-21-29-14(2)32-33-21/h3-8,11-12H,9-10H2,1-2H3,(H,29,32,33). The molecule has 0 aliphatic carbocycles. The number of aromatic amines is 1. The molecule has 3 aromatic heterocycles. The van der Waals surface area contributed by atoms with Gasteiger partial charge in [0.2, 0.25) is 0 Å². The molecule has 0 spiro atoms. The van der Waals surface area contributed by atoms with Gasteiger partial charge < -0.3 is 0 Å². The lowest BCUT2D eigenvalue weighted by atomic mass is 10.0. The van der Waals surface area contributed by atoms with E-state index in [0.717, 1.165) is 16.7 Å². The van der Waals surface area contributed by atoms with Gasteiger partial charge in [-0.25, -0.2) is 28.1 Å². The van der Waals surface area contributed by atoms with Gasteiger partial charge in [0.25, 0.3) is 5.56 Å². The molecule has 0 unspecified atom stereocenters. The van der Waals surface area contributed by atoms with Gasteiger partial charge >= 0.3 is 0 Å². The minimum atomic E-state index is -0.907. The van der Waals surface area contributed by atoms with Crippen molar-refractivity contribution in [3.63, 3.8) is 0 Å². The van der Waals surface area contributed by atoms with Crippen molar-refractivity contribution in [2.75, 3.05) is 0 Å². The molecule has 0 saturated heterocycles.